The van der Waals surface area contributed by atoms with Crippen molar-refractivity contribution in [1.29, 1.82) is 0 Å². The molecule has 0 aliphatic carbocycles. The third-order valence-corrected chi connectivity index (χ3v) is 2.31. The lowest BCUT2D eigenvalue weighted by Crippen LogP contribution is -2.03. The van der Waals surface area contributed by atoms with E-state index >= 15 is 0 Å². The number of nitrogens with zero attached hydrogens (tertiary/aromatic N) is 4. The van der Waals surface area contributed by atoms with Crippen molar-refractivity contribution in [3.05, 3.63) is 43.8 Å². The minimum absolute atomic E-state index is 0.0312. The standard InChI is InChI=1S/C11H14N4O3/c1-8-6-9(2)11(10(7-8)15(16)17)18-5-3-4-13-14-12/h6-7H,3-5H2,1-2H3. The second-order valence-corrected chi connectivity index (χ2v) is 3.84. The Kier molecular flexibility index (Phi) is 4.95. The molecule has 0 amide bonds. The number of hydrogen-bond donors (Lipinski definition) is 0. The molecular formula is C11H14N4O3. The van der Waals surface area contributed by atoms with E-state index in [2.05, 4.69) is 10.0 Å². The Hall–Kier alpha value is -2.27. The van der Waals surface area contributed by atoms with Gasteiger partial charge in [-0.1, -0.05) is 11.2 Å². The van der Waals surface area contributed by atoms with Crippen LogP contribution in [0.4, 0.5) is 5.69 Å². The molecule has 0 saturated carbocycles. The summed E-state index contributed by atoms with van der Waals surface area (Å²) < 4.78 is 5.41. The van der Waals surface area contributed by atoms with Crippen LogP contribution in [0, 0.1) is 24.0 Å². The van der Waals surface area contributed by atoms with Crippen molar-refractivity contribution < 1.29 is 9.66 Å². The largest absolute Gasteiger partial charge is 0.487 e. The number of nitro benzene ring substituents is 1. The van der Waals surface area contributed by atoms with Crippen LogP contribution < -0.4 is 4.74 Å². The van der Waals surface area contributed by atoms with Crippen LogP contribution in [0.1, 0.15) is 17.5 Å². The maximum absolute atomic E-state index is 10.9. The molecule has 0 fully saturated rings. The van der Waals surface area contributed by atoms with E-state index in [-0.39, 0.29) is 18.0 Å². The van der Waals surface area contributed by atoms with Crippen molar-refractivity contribution >= 4 is 5.69 Å². The van der Waals surface area contributed by atoms with Crippen molar-refractivity contribution in [1.82, 2.24) is 0 Å². The Morgan fingerprint density at radius 1 is 1.50 bits per heavy atom. The number of ether oxygens (including phenoxy) is 1. The number of benzene rings is 1. The Labute approximate surface area is 104 Å². The summed E-state index contributed by atoms with van der Waals surface area (Å²) in [5.74, 6) is 0.284. The van der Waals surface area contributed by atoms with Crippen LogP contribution >= 0.6 is 0 Å². The van der Waals surface area contributed by atoms with Gasteiger partial charge in [0.1, 0.15) is 0 Å². The molecule has 0 heterocycles. The van der Waals surface area contributed by atoms with E-state index in [9.17, 15) is 10.1 Å². The molecule has 0 radical (unpaired) electrons. The second kappa shape index (κ2) is 6.46. The van der Waals surface area contributed by atoms with Crippen LogP contribution in [-0.4, -0.2) is 18.1 Å². The zero-order valence-corrected chi connectivity index (χ0v) is 10.3. The molecule has 1 aromatic carbocycles. The fourth-order valence-corrected chi connectivity index (χ4v) is 1.61. The molecular weight excluding hydrogens is 236 g/mol. The summed E-state index contributed by atoms with van der Waals surface area (Å²) in [5.41, 5.74) is 9.62. The summed E-state index contributed by atoms with van der Waals surface area (Å²) in [6, 6.07) is 3.31. The number of hydrogen-bond acceptors (Lipinski definition) is 4. The average molecular weight is 250 g/mol. The van der Waals surface area contributed by atoms with Crippen LogP contribution in [-0.2, 0) is 0 Å². The highest BCUT2D eigenvalue weighted by atomic mass is 16.6. The van der Waals surface area contributed by atoms with Crippen LogP contribution in [0.15, 0.2) is 17.2 Å². The molecule has 0 bridgehead atoms. The number of azide groups is 1. The van der Waals surface area contributed by atoms with Gasteiger partial charge in [-0.2, -0.15) is 0 Å². The van der Waals surface area contributed by atoms with Crippen molar-refractivity contribution in [2.45, 2.75) is 20.3 Å². The van der Waals surface area contributed by atoms with Gasteiger partial charge in [-0.15, -0.1) is 0 Å². The zero-order valence-electron chi connectivity index (χ0n) is 10.3. The SMILES string of the molecule is Cc1cc(C)c(OCCCN=[N+]=[N-])c([N+](=O)[O-])c1. The maximum Gasteiger partial charge on any atom is 0.311 e. The average Bonchev–Trinajstić information content (AvgIpc) is 2.30. The highest BCUT2D eigenvalue weighted by Gasteiger charge is 2.18. The van der Waals surface area contributed by atoms with Crippen LogP contribution in [0.3, 0.4) is 0 Å². The molecule has 0 unspecified atom stereocenters. The summed E-state index contributed by atoms with van der Waals surface area (Å²) in [7, 11) is 0. The Morgan fingerprint density at radius 3 is 2.83 bits per heavy atom. The highest BCUT2D eigenvalue weighted by Crippen LogP contribution is 2.32. The first-order chi connectivity index (χ1) is 8.56. The summed E-state index contributed by atoms with van der Waals surface area (Å²) in [4.78, 5) is 13.1. The second-order valence-electron chi connectivity index (χ2n) is 3.84. The summed E-state index contributed by atoms with van der Waals surface area (Å²) in [6.07, 6.45) is 0.522. The van der Waals surface area contributed by atoms with Gasteiger partial charge in [0.05, 0.1) is 11.5 Å². The molecule has 18 heavy (non-hydrogen) atoms. The Balaban J connectivity index is 2.80. The van der Waals surface area contributed by atoms with E-state index in [1.807, 2.05) is 6.07 Å². The van der Waals surface area contributed by atoms with Gasteiger partial charge in [-0.25, -0.2) is 0 Å². The van der Waals surface area contributed by atoms with Crippen molar-refractivity contribution in [3.8, 4) is 5.75 Å². The quantitative estimate of drug-likeness (QED) is 0.193. The van der Waals surface area contributed by atoms with Crippen molar-refractivity contribution in [2.75, 3.05) is 13.2 Å². The predicted molar refractivity (Wildman–Crippen MR) is 66.7 cm³/mol. The fourth-order valence-electron chi connectivity index (χ4n) is 1.61. The molecule has 7 nitrogen and oxygen atoms in total. The maximum atomic E-state index is 10.9. The number of aryl methyl sites for hydroxylation is 2. The van der Waals surface area contributed by atoms with Crippen molar-refractivity contribution in [2.24, 2.45) is 5.11 Å². The van der Waals surface area contributed by atoms with Gasteiger partial charge in [0.25, 0.3) is 0 Å². The summed E-state index contributed by atoms with van der Waals surface area (Å²) in [5, 5.41) is 14.3. The van der Waals surface area contributed by atoms with Crippen molar-refractivity contribution in [3.63, 3.8) is 0 Å². The Bertz CT molecular complexity index is 495. The summed E-state index contributed by atoms with van der Waals surface area (Å²) >= 11 is 0. The minimum Gasteiger partial charge on any atom is -0.487 e. The molecule has 0 aliphatic heterocycles. The molecule has 1 aromatic rings. The van der Waals surface area contributed by atoms with Gasteiger partial charge in [0.2, 0.25) is 0 Å². The normalized spacial score (nSPS) is 9.67. The molecule has 1 rings (SSSR count). The number of rotatable bonds is 6. The predicted octanol–water partition coefficient (Wildman–Crippen LogP) is 3.29. The first-order valence-electron chi connectivity index (χ1n) is 5.45. The van der Waals surface area contributed by atoms with E-state index in [1.54, 1.807) is 13.8 Å². The third-order valence-electron chi connectivity index (χ3n) is 2.31. The molecule has 0 N–H and O–H groups in total. The first-order valence-corrected chi connectivity index (χ1v) is 5.45. The van der Waals surface area contributed by atoms with Gasteiger partial charge in [0, 0.05) is 17.5 Å². The lowest BCUT2D eigenvalue weighted by molar-refractivity contribution is -0.386. The number of nitro groups is 1. The smallest absolute Gasteiger partial charge is 0.311 e. The fraction of sp³-hybridized carbons (Fsp3) is 0.455. The van der Waals surface area contributed by atoms with Gasteiger partial charge >= 0.3 is 5.69 Å². The first kappa shape index (κ1) is 13.8. The topological polar surface area (TPSA) is 101 Å². The highest BCUT2D eigenvalue weighted by molar-refractivity contribution is 5.53. The van der Waals surface area contributed by atoms with Gasteiger partial charge in [-0.3, -0.25) is 10.1 Å². The summed E-state index contributed by atoms with van der Waals surface area (Å²) in [6.45, 7) is 4.16. The molecule has 0 saturated heterocycles. The van der Waals surface area contributed by atoms with E-state index in [1.165, 1.54) is 6.07 Å². The molecule has 96 valence electrons. The molecule has 0 aliphatic rings. The molecule has 7 heteroatoms. The third kappa shape index (κ3) is 3.64. The molecule has 0 aromatic heterocycles. The lowest BCUT2D eigenvalue weighted by atomic mass is 10.1. The Morgan fingerprint density at radius 2 is 2.22 bits per heavy atom. The van der Waals surface area contributed by atoms with E-state index in [0.29, 0.717) is 13.0 Å². The lowest BCUT2D eigenvalue weighted by Gasteiger charge is -2.09. The van der Waals surface area contributed by atoms with Gasteiger partial charge < -0.3 is 4.74 Å². The van der Waals surface area contributed by atoms with E-state index in [4.69, 9.17) is 10.3 Å². The van der Waals surface area contributed by atoms with Crippen LogP contribution in [0.5, 0.6) is 5.75 Å². The molecule has 0 spiro atoms. The minimum atomic E-state index is -0.456. The van der Waals surface area contributed by atoms with Crippen LogP contribution in [0.2, 0.25) is 0 Å². The van der Waals surface area contributed by atoms with E-state index in [0.717, 1.165) is 11.1 Å². The van der Waals surface area contributed by atoms with Crippen LogP contribution in [0.25, 0.3) is 10.4 Å². The zero-order chi connectivity index (χ0) is 13.5. The molecule has 0 atom stereocenters. The monoisotopic (exact) mass is 250 g/mol. The van der Waals surface area contributed by atoms with Gasteiger partial charge in [-0.05, 0) is 36.9 Å². The van der Waals surface area contributed by atoms with E-state index < -0.39 is 4.92 Å². The van der Waals surface area contributed by atoms with Gasteiger partial charge in [0.15, 0.2) is 5.75 Å².